The molecule has 1 N–H and O–H groups in total. The van der Waals surface area contributed by atoms with E-state index in [1.165, 1.54) is 0 Å². The highest BCUT2D eigenvalue weighted by Crippen LogP contribution is 2.33. The predicted molar refractivity (Wildman–Crippen MR) is 124 cm³/mol. The SMILES string of the molecule is CCCS(=O)(=O)Cc1ccc(F)c(C(O)C2=NCc3ncc(-c4ccc(Cl)cc4)cc32)c1F. The van der Waals surface area contributed by atoms with Gasteiger partial charge in [-0.3, -0.25) is 9.98 Å². The van der Waals surface area contributed by atoms with Crippen LogP contribution in [0.5, 0.6) is 0 Å². The fourth-order valence-electron chi connectivity index (χ4n) is 3.85. The lowest BCUT2D eigenvalue weighted by Gasteiger charge is -2.17. The molecule has 0 spiro atoms. The van der Waals surface area contributed by atoms with E-state index in [4.69, 9.17) is 11.6 Å². The van der Waals surface area contributed by atoms with E-state index in [1.807, 2.05) is 12.1 Å². The summed E-state index contributed by atoms with van der Waals surface area (Å²) in [4.78, 5) is 8.67. The number of rotatable bonds is 7. The minimum Gasteiger partial charge on any atom is -0.382 e. The first-order valence-corrected chi connectivity index (χ1v) is 12.5. The van der Waals surface area contributed by atoms with Crippen molar-refractivity contribution in [1.82, 2.24) is 4.98 Å². The van der Waals surface area contributed by atoms with Gasteiger partial charge in [-0.2, -0.15) is 0 Å². The largest absolute Gasteiger partial charge is 0.382 e. The Hall–Kier alpha value is -2.68. The van der Waals surface area contributed by atoms with Gasteiger partial charge in [-0.25, -0.2) is 17.2 Å². The molecule has 4 rings (SSSR count). The van der Waals surface area contributed by atoms with E-state index in [2.05, 4.69) is 9.98 Å². The van der Waals surface area contributed by atoms with Crippen molar-refractivity contribution in [2.45, 2.75) is 31.7 Å². The number of halogens is 3. The van der Waals surface area contributed by atoms with Crippen LogP contribution in [0, 0.1) is 11.6 Å². The minimum atomic E-state index is -3.56. The third-order valence-corrected chi connectivity index (χ3v) is 7.49. The standard InChI is InChI=1S/C24H21ClF2N2O3S/c1-2-9-33(31,32)13-15-5-8-19(26)21(22(15)27)24(30)23-18-10-16(11-28-20(18)12-29-23)14-3-6-17(25)7-4-14/h3-8,10-11,24,30H,2,9,12-13H2,1H3. The van der Waals surface area contributed by atoms with Gasteiger partial charge in [0, 0.05) is 27.9 Å². The third kappa shape index (κ3) is 4.83. The van der Waals surface area contributed by atoms with Gasteiger partial charge in [0.15, 0.2) is 9.84 Å². The second kappa shape index (κ2) is 9.29. The molecule has 3 aromatic rings. The molecule has 0 radical (unpaired) electrons. The number of hydrogen-bond donors (Lipinski definition) is 1. The first-order chi connectivity index (χ1) is 15.7. The van der Waals surface area contributed by atoms with Crippen LogP contribution in [0.25, 0.3) is 11.1 Å². The fraction of sp³-hybridized carbons (Fsp3) is 0.250. The number of pyridine rings is 1. The number of aliphatic hydroxyl groups is 1. The molecule has 0 bridgehead atoms. The topological polar surface area (TPSA) is 79.6 Å². The van der Waals surface area contributed by atoms with E-state index in [-0.39, 0.29) is 23.6 Å². The van der Waals surface area contributed by atoms with E-state index in [1.54, 1.807) is 31.3 Å². The number of fused-ring (bicyclic) bond motifs is 1. The maximum Gasteiger partial charge on any atom is 0.154 e. The number of aliphatic hydroxyl groups excluding tert-OH is 1. The van der Waals surface area contributed by atoms with Crippen molar-refractivity contribution >= 4 is 27.1 Å². The van der Waals surface area contributed by atoms with Gasteiger partial charge in [0.1, 0.15) is 17.7 Å². The van der Waals surface area contributed by atoms with E-state index in [9.17, 15) is 17.9 Å². The molecule has 1 unspecified atom stereocenters. The quantitative estimate of drug-likeness (QED) is 0.503. The zero-order valence-electron chi connectivity index (χ0n) is 17.7. The summed E-state index contributed by atoms with van der Waals surface area (Å²) in [6.07, 6.45) is 0.326. The smallest absolute Gasteiger partial charge is 0.154 e. The zero-order chi connectivity index (χ0) is 23.8. The highest BCUT2D eigenvalue weighted by Gasteiger charge is 2.31. The Morgan fingerprint density at radius 3 is 2.55 bits per heavy atom. The number of benzene rings is 2. The lowest BCUT2D eigenvalue weighted by molar-refractivity contribution is 0.235. The van der Waals surface area contributed by atoms with Gasteiger partial charge < -0.3 is 5.11 Å². The van der Waals surface area contributed by atoms with Crippen LogP contribution < -0.4 is 0 Å². The Morgan fingerprint density at radius 2 is 1.85 bits per heavy atom. The Morgan fingerprint density at radius 1 is 1.12 bits per heavy atom. The summed E-state index contributed by atoms with van der Waals surface area (Å²) in [5.74, 6) is -2.74. The van der Waals surface area contributed by atoms with Gasteiger partial charge in [0.25, 0.3) is 0 Å². The Kier molecular flexibility index (Phi) is 6.61. The molecule has 0 saturated carbocycles. The van der Waals surface area contributed by atoms with Gasteiger partial charge in [-0.05, 0) is 36.2 Å². The summed E-state index contributed by atoms with van der Waals surface area (Å²) in [6.45, 7) is 1.87. The van der Waals surface area contributed by atoms with E-state index in [0.29, 0.717) is 22.7 Å². The minimum absolute atomic E-state index is 0.0830. The molecule has 0 amide bonds. The number of hydrogen-bond acceptors (Lipinski definition) is 5. The lowest BCUT2D eigenvalue weighted by Crippen LogP contribution is -2.18. The molecule has 0 fully saturated rings. The average molecular weight is 491 g/mol. The zero-order valence-corrected chi connectivity index (χ0v) is 19.3. The molecule has 2 aromatic carbocycles. The Bertz CT molecular complexity index is 1340. The third-order valence-electron chi connectivity index (χ3n) is 5.45. The fourth-order valence-corrected chi connectivity index (χ4v) is 5.44. The summed E-state index contributed by atoms with van der Waals surface area (Å²) in [6, 6.07) is 10.9. The molecule has 0 aliphatic carbocycles. The molecule has 172 valence electrons. The maximum absolute atomic E-state index is 15.2. The molecule has 1 aliphatic heterocycles. The van der Waals surface area contributed by atoms with E-state index >= 15 is 4.39 Å². The van der Waals surface area contributed by atoms with Crippen LogP contribution in [0.3, 0.4) is 0 Å². The van der Waals surface area contributed by atoms with Crippen molar-refractivity contribution < 1.29 is 22.3 Å². The summed E-state index contributed by atoms with van der Waals surface area (Å²) >= 11 is 5.95. The highest BCUT2D eigenvalue weighted by atomic mass is 35.5. The van der Waals surface area contributed by atoms with Crippen molar-refractivity contribution in [3.8, 4) is 11.1 Å². The van der Waals surface area contributed by atoms with Gasteiger partial charge in [-0.15, -0.1) is 0 Å². The monoisotopic (exact) mass is 490 g/mol. The second-order valence-electron chi connectivity index (χ2n) is 7.86. The first kappa shape index (κ1) is 23.5. The number of aromatic nitrogens is 1. The van der Waals surface area contributed by atoms with Crippen LogP contribution >= 0.6 is 11.6 Å². The first-order valence-electron chi connectivity index (χ1n) is 10.3. The molecule has 5 nitrogen and oxygen atoms in total. The summed E-state index contributed by atoms with van der Waals surface area (Å²) in [5, 5.41) is 11.5. The lowest BCUT2D eigenvalue weighted by atomic mass is 9.95. The van der Waals surface area contributed by atoms with Crippen LogP contribution in [0.4, 0.5) is 8.78 Å². The van der Waals surface area contributed by atoms with E-state index < -0.39 is 38.9 Å². The molecule has 0 saturated heterocycles. The molecule has 1 atom stereocenters. The predicted octanol–water partition coefficient (Wildman–Crippen LogP) is 5.04. The number of sulfone groups is 1. The normalized spacial score (nSPS) is 14.2. The van der Waals surface area contributed by atoms with Crippen molar-refractivity contribution in [3.63, 3.8) is 0 Å². The molecular formula is C24H21ClF2N2O3S. The average Bonchev–Trinajstić information content (AvgIpc) is 3.19. The summed E-state index contributed by atoms with van der Waals surface area (Å²) < 4.78 is 54.2. The number of nitrogens with zero attached hydrogens (tertiary/aromatic N) is 2. The van der Waals surface area contributed by atoms with Crippen molar-refractivity contribution in [2.24, 2.45) is 4.99 Å². The molecule has 9 heteroatoms. The van der Waals surface area contributed by atoms with Crippen molar-refractivity contribution in [3.05, 3.63) is 87.7 Å². The second-order valence-corrected chi connectivity index (χ2v) is 10.5. The maximum atomic E-state index is 15.2. The summed E-state index contributed by atoms with van der Waals surface area (Å²) in [7, 11) is -3.56. The number of aliphatic imine (C=N–C) groups is 1. The van der Waals surface area contributed by atoms with Gasteiger partial charge in [-0.1, -0.05) is 36.7 Å². The van der Waals surface area contributed by atoms with Crippen LogP contribution in [0.15, 0.2) is 53.7 Å². The molecule has 1 aliphatic rings. The molecule has 1 aromatic heterocycles. The molecule has 2 heterocycles. The van der Waals surface area contributed by atoms with Crippen LogP contribution in [-0.2, 0) is 22.1 Å². The van der Waals surface area contributed by atoms with E-state index in [0.717, 1.165) is 23.3 Å². The van der Waals surface area contributed by atoms with Crippen LogP contribution in [0.1, 0.15) is 41.8 Å². The molecular weight excluding hydrogens is 470 g/mol. The van der Waals surface area contributed by atoms with Crippen molar-refractivity contribution in [1.29, 1.82) is 0 Å². The van der Waals surface area contributed by atoms with Crippen LogP contribution in [0.2, 0.25) is 5.02 Å². The summed E-state index contributed by atoms with van der Waals surface area (Å²) in [5.41, 5.74) is 1.89. The van der Waals surface area contributed by atoms with Gasteiger partial charge in [0.2, 0.25) is 0 Å². The van der Waals surface area contributed by atoms with Crippen molar-refractivity contribution in [2.75, 3.05) is 5.75 Å². The Labute approximate surface area is 195 Å². The van der Waals surface area contributed by atoms with Crippen LogP contribution in [-0.4, -0.2) is 30.0 Å². The molecule has 33 heavy (non-hydrogen) atoms. The highest BCUT2D eigenvalue weighted by molar-refractivity contribution is 7.90. The van der Waals surface area contributed by atoms with Gasteiger partial charge >= 0.3 is 0 Å². The van der Waals surface area contributed by atoms with Gasteiger partial charge in [0.05, 0.1) is 35.0 Å². The Balaban J connectivity index is 1.71.